The van der Waals surface area contributed by atoms with Crippen molar-refractivity contribution in [2.45, 2.75) is 50.4 Å². The number of aliphatic hydroxyl groups is 1. The van der Waals surface area contributed by atoms with Crippen LogP contribution in [0.5, 0.6) is 0 Å². The molecule has 0 aliphatic heterocycles. The van der Waals surface area contributed by atoms with E-state index in [9.17, 15) is 9.90 Å². The maximum atomic E-state index is 13.2. The summed E-state index contributed by atoms with van der Waals surface area (Å²) in [5.74, 6) is 1.48. The van der Waals surface area contributed by atoms with Crippen molar-refractivity contribution >= 4 is 22.5 Å². The van der Waals surface area contributed by atoms with Gasteiger partial charge in [-0.05, 0) is 61.5 Å². The third kappa shape index (κ3) is 3.51. The van der Waals surface area contributed by atoms with E-state index < -0.39 is 5.60 Å². The van der Waals surface area contributed by atoms with Crippen LogP contribution in [0.2, 0.25) is 0 Å². The fourth-order valence-electron chi connectivity index (χ4n) is 6.67. The van der Waals surface area contributed by atoms with Crippen LogP contribution in [0.1, 0.15) is 48.0 Å². The minimum Gasteiger partial charge on any atom is -0.390 e. The van der Waals surface area contributed by atoms with E-state index in [0.717, 1.165) is 41.5 Å². The van der Waals surface area contributed by atoms with Crippen molar-refractivity contribution in [2.24, 2.45) is 17.8 Å². The predicted molar refractivity (Wildman–Crippen MR) is 122 cm³/mol. The molecule has 0 spiro atoms. The van der Waals surface area contributed by atoms with Crippen LogP contribution in [0.25, 0.3) is 11.0 Å². The molecule has 6 nitrogen and oxygen atoms in total. The van der Waals surface area contributed by atoms with Gasteiger partial charge in [0, 0.05) is 23.8 Å². The lowest BCUT2D eigenvalue weighted by Gasteiger charge is -2.58. The summed E-state index contributed by atoms with van der Waals surface area (Å²) in [5.41, 5.74) is 2.79. The number of aromatic amines is 1. The molecule has 3 N–H and O–H groups in total. The van der Waals surface area contributed by atoms with Gasteiger partial charge in [0.05, 0.1) is 23.5 Å². The molecule has 7 rings (SSSR count). The number of nitrogens with one attached hydrogen (secondary N) is 2. The topological polar surface area (TPSA) is 87.2 Å². The molecule has 166 valence electrons. The molecular weight excluding hydrogens is 402 g/mol. The Morgan fingerprint density at radius 1 is 1.16 bits per heavy atom. The van der Waals surface area contributed by atoms with Gasteiger partial charge >= 0.3 is 0 Å². The lowest BCUT2D eigenvalue weighted by molar-refractivity contribution is -0.129. The van der Waals surface area contributed by atoms with E-state index in [0.29, 0.717) is 29.9 Å². The van der Waals surface area contributed by atoms with Crippen LogP contribution < -0.4 is 5.32 Å². The minimum absolute atomic E-state index is 0.0144. The molecule has 4 aliphatic carbocycles. The fourth-order valence-corrected chi connectivity index (χ4v) is 6.67. The summed E-state index contributed by atoms with van der Waals surface area (Å²) in [7, 11) is 0. The van der Waals surface area contributed by atoms with E-state index in [1.165, 1.54) is 12.8 Å². The SMILES string of the molecule is O=C(COCc1ccccc1)c1cnc2[nH]ccc2c1N[C@@H]1[C@@H]2CC3C[C@H]1C[C@@](O)(C3)C2. The molecule has 2 heterocycles. The number of rotatable bonds is 7. The van der Waals surface area contributed by atoms with Gasteiger partial charge in [-0.2, -0.15) is 0 Å². The molecule has 0 radical (unpaired) electrons. The van der Waals surface area contributed by atoms with Gasteiger partial charge in [0.25, 0.3) is 0 Å². The van der Waals surface area contributed by atoms with Crippen molar-refractivity contribution < 1.29 is 14.6 Å². The number of fused-ring (bicyclic) bond motifs is 1. The number of pyridine rings is 1. The Bertz CT molecular complexity index is 1130. The molecule has 4 saturated carbocycles. The maximum absolute atomic E-state index is 13.2. The second-order valence-corrected chi connectivity index (χ2v) is 10.1. The monoisotopic (exact) mass is 431 g/mol. The normalized spacial score (nSPS) is 30.7. The summed E-state index contributed by atoms with van der Waals surface area (Å²) < 4.78 is 5.74. The van der Waals surface area contributed by atoms with Gasteiger partial charge in [-0.25, -0.2) is 4.98 Å². The first kappa shape index (κ1) is 19.9. The van der Waals surface area contributed by atoms with Crippen LogP contribution in [0.4, 0.5) is 5.69 Å². The van der Waals surface area contributed by atoms with E-state index >= 15 is 0 Å². The summed E-state index contributed by atoms with van der Waals surface area (Å²) >= 11 is 0. The number of H-pyrrole nitrogens is 1. The highest BCUT2D eigenvalue weighted by atomic mass is 16.5. The van der Waals surface area contributed by atoms with Crippen molar-refractivity contribution in [1.82, 2.24) is 9.97 Å². The number of benzene rings is 1. The van der Waals surface area contributed by atoms with Crippen molar-refractivity contribution in [1.29, 1.82) is 0 Å². The fraction of sp³-hybridized carbons (Fsp3) is 0.462. The molecule has 32 heavy (non-hydrogen) atoms. The number of ether oxygens (including phenoxy) is 1. The molecule has 3 aromatic rings. The number of anilines is 1. The Labute approximate surface area is 187 Å². The van der Waals surface area contributed by atoms with E-state index in [1.807, 2.05) is 42.6 Å². The molecule has 5 atom stereocenters. The largest absolute Gasteiger partial charge is 0.390 e. The van der Waals surface area contributed by atoms with E-state index in [-0.39, 0.29) is 18.4 Å². The molecular formula is C26H29N3O3. The Morgan fingerprint density at radius 3 is 2.69 bits per heavy atom. The smallest absolute Gasteiger partial charge is 0.192 e. The van der Waals surface area contributed by atoms with Gasteiger partial charge in [-0.3, -0.25) is 4.79 Å². The molecule has 1 aromatic carbocycles. The number of nitrogens with zero attached hydrogens (tertiary/aromatic N) is 1. The minimum atomic E-state index is -0.472. The number of hydrogen-bond acceptors (Lipinski definition) is 5. The number of carbonyl (C=O) groups excluding carboxylic acids is 1. The third-order valence-corrected chi connectivity index (χ3v) is 7.78. The Balaban J connectivity index is 1.24. The average molecular weight is 432 g/mol. The summed E-state index contributed by atoms with van der Waals surface area (Å²) in [4.78, 5) is 20.8. The predicted octanol–water partition coefficient (Wildman–Crippen LogP) is 4.31. The van der Waals surface area contributed by atoms with Crippen molar-refractivity contribution in [3.05, 3.63) is 59.9 Å². The molecule has 4 fully saturated rings. The number of ketones is 1. The first-order valence-corrected chi connectivity index (χ1v) is 11.7. The number of carbonyl (C=O) groups is 1. The maximum Gasteiger partial charge on any atom is 0.192 e. The summed E-state index contributed by atoms with van der Waals surface area (Å²) in [5, 5.41) is 15.7. The zero-order valence-corrected chi connectivity index (χ0v) is 18.1. The highest BCUT2D eigenvalue weighted by Gasteiger charge is 2.54. The summed E-state index contributed by atoms with van der Waals surface area (Å²) in [6, 6.07) is 12.1. The molecule has 4 aliphatic rings. The van der Waals surface area contributed by atoms with Gasteiger partial charge in [-0.15, -0.1) is 0 Å². The highest BCUT2D eigenvalue weighted by Crippen LogP contribution is 2.56. The van der Waals surface area contributed by atoms with Gasteiger partial charge in [0.2, 0.25) is 0 Å². The van der Waals surface area contributed by atoms with E-state index in [4.69, 9.17) is 4.74 Å². The molecule has 4 bridgehead atoms. The second-order valence-electron chi connectivity index (χ2n) is 10.1. The van der Waals surface area contributed by atoms with Crippen LogP contribution in [0.3, 0.4) is 0 Å². The number of hydrogen-bond donors (Lipinski definition) is 3. The lowest BCUT2D eigenvalue weighted by atomic mass is 9.52. The van der Waals surface area contributed by atoms with Crippen LogP contribution in [0, 0.1) is 17.8 Å². The van der Waals surface area contributed by atoms with Gasteiger partial charge in [-0.1, -0.05) is 30.3 Å². The first-order chi connectivity index (χ1) is 15.6. The second kappa shape index (κ2) is 7.71. The van der Waals surface area contributed by atoms with Gasteiger partial charge in [0.1, 0.15) is 12.3 Å². The zero-order chi connectivity index (χ0) is 21.7. The Hall–Kier alpha value is -2.70. The zero-order valence-electron chi connectivity index (χ0n) is 18.1. The average Bonchev–Trinajstić information content (AvgIpc) is 3.25. The van der Waals surface area contributed by atoms with Gasteiger partial charge < -0.3 is 20.1 Å². The van der Waals surface area contributed by atoms with Crippen molar-refractivity contribution in [2.75, 3.05) is 11.9 Å². The lowest BCUT2D eigenvalue weighted by Crippen LogP contribution is -2.59. The highest BCUT2D eigenvalue weighted by molar-refractivity contribution is 6.08. The van der Waals surface area contributed by atoms with Crippen molar-refractivity contribution in [3.8, 4) is 0 Å². The standard InChI is InChI=1S/C26H29N3O3/c30-22(15-32-14-16-4-2-1-3-5-16)21-13-28-25-20(6-7-27-25)24(21)29-23-18-8-17-9-19(23)12-26(31,10-17)11-18/h1-7,13,17-19,23,31H,8-12,14-15H2,(H2,27,28,29)/t17?,18-,19+,23-,26-. The number of Topliss-reactive ketones (excluding diaryl/α,β-unsaturated/α-hetero) is 1. The summed E-state index contributed by atoms with van der Waals surface area (Å²) in [6.45, 7) is 0.419. The Morgan fingerprint density at radius 2 is 1.94 bits per heavy atom. The van der Waals surface area contributed by atoms with E-state index in [2.05, 4.69) is 15.3 Å². The van der Waals surface area contributed by atoms with Crippen LogP contribution in [-0.4, -0.2) is 39.1 Å². The molecule has 0 saturated heterocycles. The quantitative estimate of drug-likeness (QED) is 0.485. The molecule has 2 aromatic heterocycles. The molecule has 1 unspecified atom stereocenters. The van der Waals surface area contributed by atoms with Gasteiger partial charge in [0.15, 0.2) is 5.78 Å². The van der Waals surface area contributed by atoms with Crippen LogP contribution in [0.15, 0.2) is 48.8 Å². The first-order valence-electron chi connectivity index (χ1n) is 11.7. The third-order valence-electron chi connectivity index (χ3n) is 7.78. The van der Waals surface area contributed by atoms with E-state index in [1.54, 1.807) is 6.20 Å². The summed E-state index contributed by atoms with van der Waals surface area (Å²) in [6.07, 6.45) is 8.56. The Kier molecular flexibility index (Phi) is 4.81. The van der Waals surface area contributed by atoms with Crippen LogP contribution >= 0.6 is 0 Å². The van der Waals surface area contributed by atoms with Crippen LogP contribution in [-0.2, 0) is 11.3 Å². The molecule has 0 amide bonds. The molecule has 6 heteroatoms. The number of aromatic nitrogens is 2. The van der Waals surface area contributed by atoms with Crippen molar-refractivity contribution in [3.63, 3.8) is 0 Å².